The van der Waals surface area contributed by atoms with E-state index < -0.39 is 0 Å². The summed E-state index contributed by atoms with van der Waals surface area (Å²) in [6.07, 6.45) is 8.57. The van der Waals surface area contributed by atoms with Crippen molar-refractivity contribution in [2.45, 2.75) is 31.9 Å². The van der Waals surface area contributed by atoms with Gasteiger partial charge in [-0.1, -0.05) is 0 Å². The second-order valence-corrected chi connectivity index (χ2v) is 4.36. The second-order valence-electron chi connectivity index (χ2n) is 4.36. The van der Waals surface area contributed by atoms with Gasteiger partial charge in [-0.25, -0.2) is 0 Å². The van der Waals surface area contributed by atoms with Gasteiger partial charge in [-0.05, 0) is 25.3 Å². The number of aromatic nitrogens is 3. The quantitative estimate of drug-likeness (QED) is 0.803. The van der Waals surface area contributed by atoms with E-state index in [4.69, 9.17) is 0 Å². The number of nitrogens with one attached hydrogen (secondary N) is 1. The summed E-state index contributed by atoms with van der Waals surface area (Å²) in [4.78, 5) is 0. The monoisotopic (exact) mass is 217 g/mol. The Kier molecular flexibility index (Phi) is 2.29. The first kappa shape index (κ1) is 9.66. The number of H-pyrrole nitrogens is 1. The molecule has 0 radical (unpaired) electrons. The molecule has 2 heterocycles. The maximum absolute atomic E-state index is 9.87. The summed E-state index contributed by atoms with van der Waals surface area (Å²) in [6, 6.07) is 2.04. The summed E-state index contributed by atoms with van der Waals surface area (Å²) in [5.74, 6) is 0. The molecule has 1 aliphatic rings. The lowest BCUT2D eigenvalue weighted by molar-refractivity contribution is 0.156. The highest BCUT2D eigenvalue weighted by Gasteiger charge is 2.20. The highest BCUT2D eigenvalue weighted by Crippen LogP contribution is 2.30. The maximum atomic E-state index is 9.87. The Morgan fingerprint density at radius 2 is 2.50 bits per heavy atom. The van der Waals surface area contributed by atoms with Crippen LogP contribution in [0.1, 0.15) is 35.8 Å². The lowest BCUT2D eigenvalue weighted by Crippen LogP contribution is -2.12. The molecule has 16 heavy (non-hydrogen) atoms. The molecular weight excluding hydrogens is 202 g/mol. The Morgan fingerprint density at radius 1 is 1.56 bits per heavy atom. The zero-order chi connectivity index (χ0) is 11.0. The van der Waals surface area contributed by atoms with Crippen molar-refractivity contribution in [3.63, 3.8) is 0 Å². The summed E-state index contributed by atoms with van der Waals surface area (Å²) in [5, 5.41) is 16.6. The molecule has 0 fully saturated rings. The van der Waals surface area contributed by atoms with Gasteiger partial charge in [0.1, 0.15) is 0 Å². The van der Waals surface area contributed by atoms with Crippen LogP contribution < -0.4 is 0 Å². The summed E-state index contributed by atoms with van der Waals surface area (Å²) in [5.41, 5.74) is 3.55. The average molecular weight is 217 g/mol. The first-order valence-electron chi connectivity index (χ1n) is 5.68. The summed E-state index contributed by atoms with van der Waals surface area (Å²) in [7, 11) is 0. The third kappa shape index (κ3) is 1.55. The average Bonchev–Trinajstić information content (AvgIpc) is 2.90. The highest BCUT2D eigenvalue weighted by molar-refractivity contribution is 5.28. The number of hydrogen-bond acceptors (Lipinski definition) is 2. The van der Waals surface area contributed by atoms with Crippen LogP contribution in [-0.4, -0.2) is 19.9 Å². The molecule has 0 saturated heterocycles. The van der Waals surface area contributed by atoms with Crippen LogP contribution in [0.3, 0.4) is 0 Å². The largest absolute Gasteiger partial charge is 0.388 e. The van der Waals surface area contributed by atoms with E-state index in [1.165, 1.54) is 11.3 Å². The lowest BCUT2D eigenvalue weighted by atomic mass is 9.95. The van der Waals surface area contributed by atoms with E-state index in [2.05, 4.69) is 21.0 Å². The van der Waals surface area contributed by atoms with Gasteiger partial charge >= 0.3 is 0 Å². The van der Waals surface area contributed by atoms with Crippen molar-refractivity contribution in [2.75, 3.05) is 0 Å². The van der Waals surface area contributed by atoms with Crippen molar-refractivity contribution < 1.29 is 5.11 Å². The molecule has 1 unspecified atom stereocenters. The highest BCUT2D eigenvalue weighted by atomic mass is 16.3. The predicted octanol–water partition coefficient (Wildman–Crippen LogP) is 1.63. The molecule has 4 nitrogen and oxygen atoms in total. The van der Waals surface area contributed by atoms with Crippen molar-refractivity contribution >= 4 is 0 Å². The minimum atomic E-state index is -0.269. The van der Waals surface area contributed by atoms with E-state index in [0.717, 1.165) is 31.4 Å². The number of hydrogen-bond donors (Lipinski definition) is 2. The molecule has 3 rings (SSSR count). The molecule has 0 saturated carbocycles. The standard InChI is InChI=1S/C12H15N3O/c16-12-3-1-2-11-10(12)4-5-15(11)8-9-6-13-14-7-9/h4-7,12,16H,1-3,8H2,(H,13,14). The predicted molar refractivity (Wildman–Crippen MR) is 60.0 cm³/mol. The van der Waals surface area contributed by atoms with Crippen LogP contribution >= 0.6 is 0 Å². The van der Waals surface area contributed by atoms with Crippen LogP contribution in [-0.2, 0) is 13.0 Å². The molecule has 0 spiro atoms. The van der Waals surface area contributed by atoms with Crippen LogP contribution in [0, 0.1) is 0 Å². The van der Waals surface area contributed by atoms with E-state index in [9.17, 15) is 5.11 Å². The molecule has 2 N–H and O–H groups in total. The molecule has 84 valence electrons. The van der Waals surface area contributed by atoms with Crippen LogP contribution in [0.5, 0.6) is 0 Å². The van der Waals surface area contributed by atoms with Gasteiger partial charge < -0.3 is 9.67 Å². The van der Waals surface area contributed by atoms with Crippen molar-refractivity contribution in [3.05, 3.63) is 41.5 Å². The zero-order valence-corrected chi connectivity index (χ0v) is 9.06. The normalized spacial score (nSPS) is 19.7. The van der Waals surface area contributed by atoms with Crippen LogP contribution in [0.2, 0.25) is 0 Å². The zero-order valence-electron chi connectivity index (χ0n) is 9.06. The van der Waals surface area contributed by atoms with Gasteiger partial charge in [-0.3, -0.25) is 5.10 Å². The number of aromatic amines is 1. The third-order valence-electron chi connectivity index (χ3n) is 3.27. The molecule has 0 aromatic carbocycles. The maximum Gasteiger partial charge on any atom is 0.0807 e. The van der Waals surface area contributed by atoms with Gasteiger partial charge in [0.15, 0.2) is 0 Å². The molecule has 1 atom stereocenters. The summed E-state index contributed by atoms with van der Waals surface area (Å²) < 4.78 is 2.21. The Hall–Kier alpha value is -1.55. The fourth-order valence-electron chi connectivity index (χ4n) is 2.44. The molecular formula is C12H15N3O. The number of aliphatic hydroxyl groups excluding tert-OH is 1. The SMILES string of the molecule is OC1CCCc2c1ccn2Cc1cn[nH]c1. The minimum Gasteiger partial charge on any atom is -0.388 e. The fourth-order valence-corrected chi connectivity index (χ4v) is 2.44. The van der Waals surface area contributed by atoms with Crippen molar-refractivity contribution in [1.82, 2.24) is 14.8 Å². The smallest absolute Gasteiger partial charge is 0.0807 e. The van der Waals surface area contributed by atoms with Crippen LogP contribution in [0.15, 0.2) is 24.7 Å². The van der Waals surface area contributed by atoms with Gasteiger partial charge in [0, 0.05) is 29.2 Å². The first-order valence-corrected chi connectivity index (χ1v) is 5.68. The van der Waals surface area contributed by atoms with Crippen molar-refractivity contribution in [3.8, 4) is 0 Å². The summed E-state index contributed by atoms with van der Waals surface area (Å²) >= 11 is 0. The van der Waals surface area contributed by atoms with E-state index in [1.807, 2.05) is 18.5 Å². The van der Waals surface area contributed by atoms with Crippen LogP contribution in [0.25, 0.3) is 0 Å². The van der Waals surface area contributed by atoms with Gasteiger partial charge in [0.25, 0.3) is 0 Å². The molecule has 2 aromatic heterocycles. The number of aliphatic hydroxyl groups is 1. The Bertz CT molecular complexity index is 472. The van der Waals surface area contributed by atoms with Gasteiger partial charge in [0.2, 0.25) is 0 Å². The van der Waals surface area contributed by atoms with E-state index in [0.29, 0.717) is 0 Å². The van der Waals surface area contributed by atoms with E-state index in [1.54, 1.807) is 0 Å². The topological polar surface area (TPSA) is 53.8 Å². The first-order chi connectivity index (χ1) is 7.84. The van der Waals surface area contributed by atoms with E-state index in [-0.39, 0.29) is 6.10 Å². The number of rotatable bonds is 2. The van der Waals surface area contributed by atoms with E-state index >= 15 is 0 Å². The van der Waals surface area contributed by atoms with Gasteiger partial charge in [-0.15, -0.1) is 0 Å². The van der Waals surface area contributed by atoms with Gasteiger partial charge in [0.05, 0.1) is 18.8 Å². The molecule has 1 aliphatic carbocycles. The van der Waals surface area contributed by atoms with Crippen LogP contribution in [0.4, 0.5) is 0 Å². The second kappa shape index (κ2) is 3.79. The molecule has 0 aliphatic heterocycles. The van der Waals surface area contributed by atoms with Crippen molar-refractivity contribution in [2.24, 2.45) is 0 Å². The Morgan fingerprint density at radius 3 is 3.31 bits per heavy atom. The Labute approximate surface area is 93.9 Å². The fraction of sp³-hybridized carbons (Fsp3) is 0.417. The Balaban J connectivity index is 1.91. The van der Waals surface area contributed by atoms with Crippen molar-refractivity contribution in [1.29, 1.82) is 0 Å². The number of fused-ring (bicyclic) bond motifs is 1. The molecule has 4 heteroatoms. The number of nitrogens with zero attached hydrogens (tertiary/aromatic N) is 2. The summed E-state index contributed by atoms with van der Waals surface area (Å²) in [6.45, 7) is 0.832. The third-order valence-corrected chi connectivity index (χ3v) is 3.27. The molecule has 0 bridgehead atoms. The molecule has 2 aromatic rings. The minimum absolute atomic E-state index is 0.269. The van der Waals surface area contributed by atoms with Gasteiger partial charge in [-0.2, -0.15) is 5.10 Å². The molecule has 0 amide bonds. The lowest BCUT2D eigenvalue weighted by Gasteiger charge is -2.19.